The van der Waals surface area contributed by atoms with E-state index >= 15 is 0 Å². The summed E-state index contributed by atoms with van der Waals surface area (Å²) in [6.45, 7) is 5.12. The summed E-state index contributed by atoms with van der Waals surface area (Å²) in [7, 11) is 0. The average molecular weight is 272 g/mol. The molecule has 1 saturated heterocycles. The zero-order valence-electron chi connectivity index (χ0n) is 11.7. The second-order valence-electron chi connectivity index (χ2n) is 5.58. The standard InChI is InChI=1S/C16H20N2O2/c1-12-2-4-14(5-3-12)16-17-15(11-20-16)9-18-7-6-13(8-18)10-19/h2-5,11,13,19H,6-10H2,1H3. The topological polar surface area (TPSA) is 49.5 Å². The molecule has 20 heavy (non-hydrogen) atoms. The molecule has 1 N–H and O–H groups in total. The van der Waals surface area contributed by atoms with Crippen LogP contribution >= 0.6 is 0 Å². The van der Waals surface area contributed by atoms with Gasteiger partial charge in [0.15, 0.2) is 0 Å². The van der Waals surface area contributed by atoms with Crippen LogP contribution in [0.3, 0.4) is 0 Å². The second-order valence-corrected chi connectivity index (χ2v) is 5.58. The van der Waals surface area contributed by atoms with Crippen molar-refractivity contribution < 1.29 is 9.52 Å². The summed E-state index contributed by atoms with van der Waals surface area (Å²) in [5.41, 5.74) is 3.20. The Hall–Kier alpha value is -1.65. The molecule has 1 unspecified atom stereocenters. The molecular formula is C16H20N2O2. The molecule has 1 aromatic heterocycles. The van der Waals surface area contributed by atoms with Gasteiger partial charge < -0.3 is 9.52 Å². The first kappa shape index (κ1) is 13.3. The van der Waals surface area contributed by atoms with E-state index in [-0.39, 0.29) is 6.61 Å². The summed E-state index contributed by atoms with van der Waals surface area (Å²) >= 11 is 0. The number of benzene rings is 1. The molecule has 0 amide bonds. The minimum absolute atomic E-state index is 0.282. The molecule has 1 aliphatic heterocycles. The van der Waals surface area contributed by atoms with Crippen LogP contribution < -0.4 is 0 Å². The highest BCUT2D eigenvalue weighted by atomic mass is 16.3. The number of aromatic nitrogens is 1. The summed E-state index contributed by atoms with van der Waals surface area (Å²) in [5.74, 6) is 1.09. The smallest absolute Gasteiger partial charge is 0.226 e. The number of aryl methyl sites for hydroxylation is 1. The number of likely N-dealkylation sites (tertiary alicyclic amines) is 1. The Kier molecular flexibility index (Phi) is 3.85. The lowest BCUT2D eigenvalue weighted by atomic mass is 10.1. The minimum atomic E-state index is 0.282. The predicted octanol–water partition coefficient (Wildman–Crippen LogP) is 2.46. The van der Waals surface area contributed by atoms with E-state index in [0.29, 0.717) is 11.8 Å². The van der Waals surface area contributed by atoms with Crippen LogP contribution in [0.25, 0.3) is 11.5 Å². The first-order valence-electron chi connectivity index (χ1n) is 7.09. The largest absolute Gasteiger partial charge is 0.444 e. The van der Waals surface area contributed by atoms with Gasteiger partial charge in [-0.3, -0.25) is 4.90 Å². The SMILES string of the molecule is Cc1ccc(-c2nc(CN3CCC(CO)C3)co2)cc1. The molecule has 2 heterocycles. The summed E-state index contributed by atoms with van der Waals surface area (Å²) in [5, 5.41) is 9.16. The second kappa shape index (κ2) is 5.77. The molecule has 3 rings (SSSR count). The number of aliphatic hydroxyl groups is 1. The number of aliphatic hydroxyl groups excluding tert-OH is 1. The van der Waals surface area contributed by atoms with Crippen molar-refractivity contribution in [3.05, 3.63) is 41.8 Å². The Labute approximate surface area is 119 Å². The molecule has 106 valence electrons. The Balaban J connectivity index is 1.66. The Bertz CT molecular complexity index is 562. The van der Waals surface area contributed by atoms with Crippen LogP contribution in [0.4, 0.5) is 0 Å². The van der Waals surface area contributed by atoms with Gasteiger partial charge in [-0.25, -0.2) is 4.98 Å². The van der Waals surface area contributed by atoms with E-state index in [1.165, 1.54) is 5.56 Å². The zero-order chi connectivity index (χ0) is 13.9. The van der Waals surface area contributed by atoms with Crippen LogP contribution in [0.2, 0.25) is 0 Å². The number of nitrogens with zero attached hydrogens (tertiary/aromatic N) is 2. The predicted molar refractivity (Wildman–Crippen MR) is 77.1 cm³/mol. The number of rotatable bonds is 4. The van der Waals surface area contributed by atoms with E-state index in [1.807, 2.05) is 12.1 Å². The van der Waals surface area contributed by atoms with Crippen LogP contribution in [0, 0.1) is 12.8 Å². The van der Waals surface area contributed by atoms with Crippen molar-refractivity contribution in [2.45, 2.75) is 19.9 Å². The van der Waals surface area contributed by atoms with Crippen molar-refractivity contribution in [3.8, 4) is 11.5 Å². The fraction of sp³-hybridized carbons (Fsp3) is 0.438. The average Bonchev–Trinajstić information content (AvgIpc) is 3.09. The molecule has 1 atom stereocenters. The van der Waals surface area contributed by atoms with Crippen molar-refractivity contribution in [2.24, 2.45) is 5.92 Å². The van der Waals surface area contributed by atoms with Gasteiger partial charge in [0, 0.05) is 25.3 Å². The summed E-state index contributed by atoms with van der Waals surface area (Å²) in [6, 6.07) is 8.18. The van der Waals surface area contributed by atoms with Crippen molar-refractivity contribution in [1.82, 2.24) is 9.88 Å². The summed E-state index contributed by atoms with van der Waals surface area (Å²) in [4.78, 5) is 6.87. The van der Waals surface area contributed by atoms with E-state index in [1.54, 1.807) is 6.26 Å². The van der Waals surface area contributed by atoms with Crippen LogP contribution in [0.15, 0.2) is 34.9 Å². The lowest BCUT2D eigenvalue weighted by Gasteiger charge is -2.12. The third kappa shape index (κ3) is 2.92. The van der Waals surface area contributed by atoms with Gasteiger partial charge in [0.1, 0.15) is 6.26 Å². The maximum absolute atomic E-state index is 9.16. The highest BCUT2D eigenvalue weighted by Crippen LogP contribution is 2.22. The minimum Gasteiger partial charge on any atom is -0.444 e. The molecule has 1 aromatic carbocycles. The molecule has 2 aromatic rings. The van der Waals surface area contributed by atoms with E-state index in [4.69, 9.17) is 9.52 Å². The lowest BCUT2D eigenvalue weighted by Crippen LogP contribution is -2.21. The third-order valence-electron chi connectivity index (χ3n) is 3.86. The van der Waals surface area contributed by atoms with Crippen LogP contribution in [0.5, 0.6) is 0 Å². The van der Waals surface area contributed by atoms with Crippen molar-refractivity contribution in [1.29, 1.82) is 0 Å². The van der Waals surface area contributed by atoms with Gasteiger partial charge in [-0.05, 0) is 37.9 Å². The molecule has 1 aliphatic rings. The highest BCUT2D eigenvalue weighted by molar-refractivity contribution is 5.53. The number of hydrogen-bond acceptors (Lipinski definition) is 4. The monoisotopic (exact) mass is 272 g/mol. The molecule has 1 fully saturated rings. The first-order chi connectivity index (χ1) is 9.74. The van der Waals surface area contributed by atoms with Crippen LogP contribution in [0.1, 0.15) is 17.7 Å². The van der Waals surface area contributed by atoms with Crippen molar-refractivity contribution in [3.63, 3.8) is 0 Å². The summed E-state index contributed by atoms with van der Waals surface area (Å²) in [6.07, 6.45) is 2.81. The summed E-state index contributed by atoms with van der Waals surface area (Å²) < 4.78 is 5.57. The third-order valence-corrected chi connectivity index (χ3v) is 3.86. The van der Waals surface area contributed by atoms with E-state index < -0.39 is 0 Å². The fourth-order valence-corrected chi connectivity index (χ4v) is 2.64. The maximum atomic E-state index is 9.16. The maximum Gasteiger partial charge on any atom is 0.226 e. The fourth-order valence-electron chi connectivity index (χ4n) is 2.64. The molecule has 0 aliphatic carbocycles. The Morgan fingerprint density at radius 1 is 1.35 bits per heavy atom. The molecule has 0 spiro atoms. The number of hydrogen-bond donors (Lipinski definition) is 1. The van der Waals surface area contributed by atoms with Crippen molar-refractivity contribution in [2.75, 3.05) is 19.7 Å². The van der Waals surface area contributed by atoms with Crippen LogP contribution in [-0.2, 0) is 6.54 Å². The van der Waals surface area contributed by atoms with Gasteiger partial charge >= 0.3 is 0 Å². The van der Waals surface area contributed by atoms with E-state index in [0.717, 1.165) is 37.3 Å². The molecule has 0 radical (unpaired) electrons. The van der Waals surface area contributed by atoms with Crippen LogP contribution in [-0.4, -0.2) is 34.7 Å². The van der Waals surface area contributed by atoms with E-state index in [2.05, 4.69) is 28.9 Å². The van der Waals surface area contributed by atoms with Gasteiger partial charge in [0.05, 0.1) is 5.69 Å². The highest BCUT2D eigenvalue weighted by Gasteiger charge is 2.22. The normalized spacial score (nSPS) is 19.6. The van der Waals surface area contributed by atoms with Gasteiger partial charge in [0.2, 0.25) is 5.89 Å². The van der Waals surface area contributed by atoms with Gasteiger partial charge in [-0.15, -0.1) is 0 Å². The van der Waals surface area contributed by atoms with Gasteiger partial charge in [0.25, 0.3) is 0 Å². The molecule has 0 bridgehead atoms. The quantitative estimate of drug-likeness (QED) is 0.929. The first-order valence-corrected chi connectivity index (χ1v) is 7.09. The molecule has 4 heteroatoms. The van der Waals surface area contributed by atoms with E-state index in [9.17, 15) is 0 Å². The molecule has 4 nitrogen and oxygen atoms in total. The Morgan fingerprint density at radius 2 is 2.15 bits per heavy atom. The van der Waals surface area contributed by atoms with Crippen molar-refractivity contribution >= 4 is 0 Å². The van der Waals surface area contributed by atoms with Gasteiger partial charge in [-0.1, -0.05) is 17.7 Å². The lowest BCUT2D eigenvalue weighted by molar-refractivity contribution is 0.219. The molecular weight excluding hydrogens is 252 g/mol. The zero-order valence-corrected chi connectivity index (χ0v) is 11.7. The number of oxazole rings is 1. The van der Waals surface area contributed by atoms with Gasteiger partial charge in [-0.2, -0.15) is 0 Å². The Morgan fingerprint density at radius 3 is 2.85 bits per heavy atom. The molecule has 0 saturated carbocycles.